The Hall–Kier alpha value is -1.69. The third-order valence-corrected chi connectivity index (χ3v) is 5.24. The van der Waals surface area contributed by atoms with E-state index in [4.69, 9.17) is 4.74 Å². The summed E-state index contributed by atoms with van der Waals surface area (Å²) in [6, 6.07) is 8.74. The smallest absolute Gasteiger partial charge is 0.318 e. The number of ether oxygens (including phenoxy) is 1. The molecular formula is C18H24F2N2O2. The molecule has 2 amide bonds. The molecule has 0 aromatic heterocycles. The fourth-order valence-corrected chi connectivity index (χ4v) is 4.03. The Balaban J connectivity index is 1.67. The summed E-state index contributed by atoms with van der Waals surface area (Å²) in [4.78, 5) is 13.8. The second-order valence-electron chi connectivity index (χ2n) is 7.25. The molecule has 1 aromatic rings. The molecule has 4 nitrogen and oxygen atoms in total. The van der Waals surface area contributed by atoms with Gasteiger partial charge in [0.05, 0.1) is 12.6 Å². The summed E-state index contributed by atoms with van der Waals surface area (Å²) in [5.41, 5.74) is 0.670. The Morgan fingerprint density at radius 2 is 2.08 bits per heavy atom. The first kappa shape index (κ1) is 17.1. The van der Waals surface area contributed by atoms with Crippen LogP contribution in [0.5, 0.6) is 0 Å². The lowest BCUT2D eigenvalue weighted by molar-refractivity contribution is -0.109. The zero-order chi connectivity index (χ0) is 17.3. The molecule has 24 heavy (non-hydrogen) atoms. The van der Waals surface area contributed by atoms with Crippen LogP contribution < -0.4 is 5.32 Å². The number of nitrogens with one attached hydrogen (secondary N) is 1. The van der Waals surface area contributed by atoms with E-state index in [-0.39, 0.29) is 30.0 Å². The van der Waals surface area contributed by atoms with Gasteiger partial charge in [0.2, 0.25) is 0 Å². The van der Waals surface area contributed by atoms with Crippen molar-refractivity contribution in [3.63, 3.8) is 0 Å². The maximum absolute atomic E-state index is 12.9. The minimum atomic E-state index is -2.56. The molecular weight excluding hydrogens is 314 g/mol. The highest BCUT2D eigenvalue weighted by molar-refractivity contribution is 5.75. The van der Waals surface area contributed by atoms with E-state index in [0.717, 1.165) is 12.0 Å². The van der Waals surface area contributed by atoms with Gasteiger partial charge in [-0.1, -0.05) is 44.2 Å². The van der Waals surface area contributed by atoms with Crippen LogP contribution >= 0.6 is 0 Å². The minimum absolute atomic E-state index is 0.0338. The summed E-state index contributed by atoms with van der Waals surface area (Å²) in [5, 5.41) is 2.98. The Kier molecular flexibility index (Phi) is 4.76. The van der Waals surface area contributed by atoms with Gasteiger partial charge in [0.25, 0.3) is 6.43 Å². The minimum Gasteiger partial charge on any atom is -0.377 e. The number of hydrogen-bond acceptors (Lipinski definition) is 2. The zero-order valence-electron chi connectivity index (χ0n) is 14.0. The van der Waals surface area contributed by atoms with E-state index in [1.165, 1.54) is 4.90 Å². The van der Waals surface area contributed by atoms with E-state index in [0.29, 0.717) is 6.61 Å². The molecule has 0 radical (unpaired) electrons. The molecule has 3 rings (SSSR count). The summed E-state index contributed by atoms with van der Waals surface area (Å²) < 4.78 is 31.5. The largest absolute Gasteiger partial charge is 0.377 e. The first-order valence-electron chi connectivity index (χ1n) is 8.38. The van der Waals surface area contributed by atoms with Crippen molar-refractivity contribution in [2.75, 3.05) is 13.2 Å². The third kappa shape index (κ3) is 3.24. The van der Waals surface area contributed by atoms with Crippen molar-refractivity contribution in [1.29, 1.82) is 0 Å². The number of urea groups is 1. The average molecular weight is 338 g/mol. The first-order valence-corrected chi connectivity index (χ1v) is 8.38. The summed E-state index contributed by atoms with van der Waals surface area (Å²) in [7, 11) is 0. The highest BCUT2D eigenvalue weighted by Crippen LogP contribution is 2.52. The number of fused-ring (bicyclic) bond motifs is 1. The molecule has 1 saturated carbocycles. The van der Waals surface area contributed by atoms with Gasteiger partial charge in [-0.25, -0.2) is 13.6 Å². The number of carbonyl (C=O) groups excluding carboxylic acids is 1. The number of halogens is 2. The summed E-state index contributed by atoms with van der Waals surface area (Å²) in [6.45, 7) is 4.42. The van der Waals surface area contributed by atoms with Gasteiger partial charge in [-0.2, -0.15) is 0 Å². The van der Waals surface area contributed by atoms with Gasteiger partial charge in [0, 0.05) is 30.5 Å². The molecule has 2 aliphatic rings. The molecule has 6 heteroatoms. The topological polar surface area (TPSA) is 41.6 Å². The molecule has 1 aromatic carbocycles. The van der Waals surface area contributed by atoms with E-state index in [1.54, 1.807) is 0 Å². The van der Waals surface area contributed by atoms with Crippen molar-refractivity contribution in [3.05, 3.63) is 35.9 Å². The number of benzene rings is 1. The maximum Gasteiger partial charge on any atom is 0.318 e. The van der Waals surface area contributed by atoms with Crippen LogP contribution in [-0.4, -0.2) is 42.7 Å². The Labute approximate surface area is 141 Å². The number of carbonyl (C=O) groups is 1. The molecule has 2 fully saturated rings. The standard InChI is InChI=1S/C18H24F2N2O2/c1-18(2)15(13-8-9-24-16(13)18)21-17(23)22(11-14(19)20)10-12-6-4-3-5-7-12/h3-7,13-16H,8-11H2,1-2H3,(H,21,23). The Morgan fingerprint density at radius 3 is 2.75 bits per heavy atom. The molecule has 0 spiro atoms. The molecule has 1 aliphatic carbocycles. The molecule has 1 saturated heterocycles. The quantitative estimate of drug-likeness (QED) is 0.895. The van der Waals surface area contributed by atoms with Crippen LogP contribution in [0.3, 0.4) is 0 Å². The van der Waals surface area contributed by atoms with Crippen molar-refractivity contribution in [2.24, 2.45) is 11.3 Å². The summed E-state index contributed by atoms with van der Waals surface area (Å²) in [6.07, 6.45) is -1.50. The van der Waals surface area contributed by atoms with Crippen LogP contribution in [0, 0.1) is 11.3 Å². The predicted octanol–water partition coefficient (Wildman–Crippen LogP) is 3.28. The number of rotatable bonds is 5. The van der Waals surface area contributed by atoms with Crippen LogP contribution in [0.15, 0.2) is 30.3 Å². The first-order chi connectivity index (χ1) is 11.4. The lowest BCUT2D eigenvalue weighted by Crippen LogP contribution is -2.68. The van der Waals surface area contributed by atoms with Crippen molar-refractivity contribution >= 4 is 6.03 Å². The van der Waals surface area contributed by atoms with E-state index < -0.39 is 19.0 Å². The second kappa shape index (κ2) is 6.67. The van der Waals surface area contributed by atoms with Crippen LogP contribution in [0.4, 0.5) is 13.6 Å². The van der Waals surface area contributed by atoms with Gasteiger partial charge < -0.3 is 15.0 Å². The van der Waals surface area contributed by atoms with Crippen LogP contribution in [-0.2, 0) is 11.3 Å². The summed E-state index contributed by atoms with van der Waals surface area (Å²) in [5.74, 6) is 0.286. The van der Waals surface area contributed by atoms with Gasteiger partial charge in [-0.05, 0) is 12.0 Å². The zero-order valence-corrected chi connectivity index (χ0v) is 14.0. The van der Waals surface area contributed by atoms with Gasteiger partial charge >= 0.3 is 6.03 Å². The van der Waals surface area contributed by atoms with E-state index >= 15 is 0 Å². The molecule has 132 valence electrons. The second-order valence-corrected chi connectivity index (χ2v) is 7.25. The number of amides is 2. The van der Waals surface area contributed by atoms with Crippen LogP contribution in [0.2, 0.25) is 0 Å². The normalized spacial score (nSPS) is 27.5. The van der Waals surface area contributed by atoms with Crippen LogP contribution in [0.1, 0.15) is 25.8 Å². The van der Waals surface area contributed by atoms with Gasteiger partial charge in [-0.3, -0.25) is 0 Å². The fourth-order valence-electron chi connectivity index (χ4n) is 4.03. The maximum atomic E-state index is 12.9. The van der Waals surface area contributed by atoms with E-state index in [9.17, 15) is 13.6 Å². The third-order valence-electron chi connectivity index (χ3n) is 5.24. The molecule has 3 atom stereocenters. The SMILES string of the molecule is CC1(C)C(NC(=O)N(Cc2ccccc2)CC(F)F)C2CCOC21. The van der Waals surface area contributed by atoms with E-state index in [2.05, 4.69) is 19.2 Å². The van der Waals surface area contributed by atoms with Crippen molar-refractivity contribution in [2.45, 2.75) is 45.4 Å². The van der Waals surface area contributed by atoms with Gasteiger partial charge in [0.1, 0.15) is 0 Å². The summed E-state index contributed by atoms with van der Waals surface area (Å²) >= 11 is 0. The predicted molar refractivity (Wildman–Crippen MR) is 86.8 cm³/mol. The highest BCUT2D eigenvalue weighted by atomic mass is 19.3. The van der Waals surface area contributed by atoms with Crippen LogP contribution in [0.25, 0.3) is 0 Å². The van der Waals surface area contributed by atoms with E-state index in [1.807, 2.05) is 30.3 Å². The lowest BCUT2D eigenvalue weighted by atomic mass is 9.57. The number of alkyl halides is 2. The van der Waals surface area contributed by atoms with Gasteiger partial charge in [0.15, 0.2) is 0 Å². The van der Waals surface area contributed by atoms with Crippen molar-refractivity contribution < 1.29 is 18.3 Å². The Morgan fingerprint density at radius 1 is 1.38 bits per heavy atom. The number of nitrogens with zero attached hydrogens (tertiary/aromatic N) is 1. The highest BCUT2D eigenvalue weighted by Gasteiger charge is 2.60. The monoisotopic (exact) mass is 338 g/mol. The van der Waals surface area contributed by atoms with Crippen molar-refractivity contribution in [1.82, 2.24) is 10.2 Å². The molecule has 1 heterocycles. The molecule has 1 aliphatic heterocycles. The Bertz CT molecular complexity index is 580. The molecule has 1 N–H and O–H groups in total. The number of hydrogen-bond donors (Lipinski definition) is 1. The average Bonchev–Trinajstić information content (AvgIpc) is 2.99. The lowest BCUT2D eigenvalue weighted by Gasteiger charge is -2.54. The molecule has 0 bridgehead atoms. The van der Waals surface area contributed by atoms with Gasteiger partial charge in [-0.15, -0.1) is 0 Å². The van der Waals surface area contributed by atoms with Crippen molar-refractivity contribution in [3.8, 4) is 0 Å². The molecule has 3 unspecified atom stereocenters. The fraction of sp³-hybridized carbons (Fsp3) is 0.611.